The van der Waals surface area contributed by atoms with Crippen molar-refractivity contribution in [2.75, 3.05) is 39.3 Å². The summed E-state index contributed by atoms with van der Waals surface area (Å²) in [7, 11) is 1.80. The molecule has 0 spiro atoms. The molecule has 0 radical (unpaired) electrons. The van der Waals surface area contributed by atoms with E-state index in [0.29, 0.717) is 25.3 Å². The highest BCUT2D eigenvalue weighted by Gasteiger charge is 2.22. The van der Waals surface area contributed by atoms with E-state index < -0.39 is 0 Å². The number of hydrogen-bond acceptors (Lipinski definition) is 4. The minimum Gasteiger partial charge on any atom is -0.395 e. The van der Waals surface area contributed by atoms with Crippen molar-refractivity contribution in [2.24, 2.45) is 7.05 Å². The molecule has 2 heterocycles. The molecule has 0 aromatic carbocycles. The van der Waals surface area contributed by atoms with Gasteiger partial charge in [-0.25, -0.2) is 0 Å². The molecular weight excluding hydrogens is 220 g/mol. The van der Waals surface area contributed by atoms with Crippen LogP contribution in [-0.2, 0) is 7.05 Å². The highest BCUT2D eigenvalue weighted by atomic mass is 16.3. The second kappa shape index (κ2) is 5.29. The molecule has 0 atom stereocenters. The number of carbonyl (C=O) groups is 1. The third-order valence-electron chi connectivity index (χ3n) is 3.01. The SMILES string of the molecule is Cn1ccc(C(=O)N2CCN(CCO)CC2)n1. The van der Waals surface area contributed by atoms with Gasteiger partial charge >= 0.3 is 0 Å². The smallest absolute Gasteiger partial charge is 0.274 e. The summed E-state index contributed by atoms with van der Waals surface area (Å²) in [5.74, 6) is -0.00533. The molecule has 1 N–H and O–H groups in total. The van der Waals surface area contributed by atoms with Gasteiger partial charge in [0.05, 0.1) is 6.61 Å². The lowest BCUT2D eigenvalue weighted by atomic mass is 10.3. The van der Waals surface area contributed by atoms with Crippen LogP contribution in [0.15, 0.2) is 12.3 Å². The fraction of sp³-hybridized carbons (Fsp3) is 0.636. The van der Waals surface area contributed by atoms with E-state index in [1.165, 1.54) is 0 Å². The molecule has 1 saturated heterocycles. The number of rotatable bonds is 3. The van der Waals surface area contributed by atoms with E-state index in [2.05, 4.69) is 10.00 Å². The first-order chi connectivity index (χ1) is 8.20. The van der Waals surface area contributed by atoms with Gasteiger partial charge in [0.1, 0.15) is 5.69 Å². The van der Waals surface area contributed by atoms with Crippen molar-refractivity contribution in [1.82, 2.24) is 19.6 Å². The van der Waals surface area contributed by atoms with Crippen molar-refractivity contribution in [3.05, 3.63) is 18.0 Å². The zero-order valence-electron chi connectivity index (χ0n) is 10.0. The van der Waals surface area contributed by atoms with Crippen molar-refractivity contribution in [3.8, 4) is 0 Å². The van der Waals surface area contributed by atoms with E-state index in [4.69, 9.17) is 5.11 Å². The van der Waals surface area contributed by atoms with E-state index >= 15 is 0 Å². The summed E-state index contributed by atoms with van der Waals surface area (Å²) in [6, 6.07) is 1.74. The van der Waals surface area contributed by atoms with Gasteiger partial charge in [-0.3, -0.25) is 14.4 Å². The van der Waals surface area contributed by atoms with Gasteiger partial charge in [0, 0.05) is 46.0 Å². The second-order valence-corrected chi connectivity index (χ2v) is 4.23. The minimum atomic E-state index is -0.00533. The van der Waals surface area contributed by atoms with Crippen LogP contribution in [0.1, 0.15) is 10.5 Å². The highest BCUT2D eigenvalue weighted by molar-refractivity contribution is 5.92. The molecule has 1 aliphatic rings. The fourth-order valence-corrected chi connectivity index (χ4v) is 2.01. The van der Waals surface area contributed by atoms with E-state index in [1.807, 2.05) is 4.90 Å². The third kappa shape index (κ3) is 2.83. The summed E-state index contributed by atoms with van der Waals surface area (Å²) >= 11 is 0. The summed E-state index contributed by atoms with van der Waals surface area (Å²) in [5.41, 5.74) is 0.503. The summed E-state index contributed by atoms with van der Waals surface area (Å²) in [6.07, 6.45) is 1.77. The molecule has 1 aromatic heterocycles. The number of β-amino-alcohol motifs (C(OH)–C–C–N with tert-alkyl or cyclic N) is 1. The summed E-state index contributed by atoms with van der Waals surface area (Å²) < 4.78 is 1.63. The van der Waals surface area contributed by atoms with Crippen LogP contribution in [0.25, 0.3) is 0 Å². The highest BCUT2D eigenvalue weighted by Crippen LogP contribution is 2.06. The normalized spacial score (nSPS) is 17.4. The minimum absolute atomic E-state index is 0.00533. The van der Waals surface area contributed by atoms with E-state index in [9.17, 15) is 4.79 Å². The summed E-state index contributed by atoms with van der Waals surface area (Å²) in [6.45, 7) is 3.91. The Morgan fingerprint density at radius 2 is 2.12 bits per heavy atom. The molecule has 2 rings (SSSR count). The van der Waals surface area contributed by atoms with Crippen LogP contribution in [0.2, 0.25) is 0 Å². The van der Waals surface area contributed by atoms with Crippen LogP contribution in [0, 0.1) is 0 Å². The van der Waals surface area contributed by atoms with Crippen LogP contribution in [-0.4, -0.2) is 69.9 Å². The quantitative estimate of drug-likeness (QED) is 0.746. The lowest BCUT2D eigenvalue weighted by Crippen LogP contribution is -2.49. The van der Waals surface area contributed by atoms with Gasteiger partial charge in [-0.2, -0.15) is 5.10 Å². The van der Waals surface area contributed by atoms with Crippen LogP contribution < -0.4 is 0 Å². The number of aryl methyl sites for hydroxylation is 1. The number of aromatic nitrogens is 2. The molecule has 1 aliphatic heterocycles. The van der Waals surface area contributed by atoms with Crippen LogP contribution in [0.3, 0.4) is 0 Å². The Morgan fingerprint density at radius 1 is 1.41 bits per heavy atom. The Balaban J connectivity index is 1.90. The first-order valence-corrected chi connectivity index (χ1v) is 5.83. The Kier molecular flexibility index (Phi) is 3.75. The zero-order valence-corrected chi connectivity index (χ0v) is 10.0. The largest absolute Gasteiger partial charge is 0.395 e. The number of carbonyl (C=O) groups excluding carboxylic acids is 1. The molecule has 1 amide bonds. The summed E-state index contributed by atoms with van der Waals surface area (Å²) in [5, 5.41) is 13.0. The Morgan fingerprint density at radius 3 is 2.65 bits per heavy atom. The average Bonchev–Trinajstić information content (AvgIpc) is 2.76. The van der Waals surface area contributed by atoms with Gasteiger partial charge in [-0.1, -0.05) is 0 Å². The molecule has 0 aliphatic carbocycles. The van der Waals surface area contributed by atoms with Crippen molar-refractivity contribution >= 4 is 5.91 Å². The molecule has 1 aromatic rings. The van der Waals surface area contributed by atoms with Gasteiger partial charge in [0.15, 0.2) is 0 Å². The molecule has 0 unspecified atom stereocenters. The molecule has 1 fully saturated rings. The average molecular weight is 238 g/mol. The maximum atomic E-state index is 12.1. The lowest BCUT2D eigenvalue weighted by molar-refractivity contribution is 0.0608. The van der Waals surface area contributed by atoms with E-state index in [0.717, 1.165) is 13.1 Å². The summed E-state index contributed by atoms with van der Waals surface area (Å²) in [4.78, 5) is 16.0. The van der Waals surface area contributed by atoms with Crippen LogP contribution >= 0.6 is 0 Å². The molecular formula is C11H18N4O2. The number of amides is 1. The Bertz CT molecular complexity index is 383. The van der Waals surface area contributed by atoms with Crippen LogP contribution in [0.5, 0.6) is 0 Å². The number of hydrogen-bond donors (Lipinski definition) is 1. The van der Waals surface area contributed by atoms with Crippen molar-refractivity contribution in [2.45, 2.75) is 0 Å². The Hall–Kier alpha value is -1.40. The van der Waals surface area contributed by atoms with E-state index in [-0.39, 0.29) is 12.5 Å². The van der Waals surface area contributed by atoms with E-state index in [1.54, 1.807) is 24.0 Å². The predicted octanol–water partition coefficient (Wildman–Crippen LogP) is -0.830. The molecule has 0 bridgehead atoms. The second-order valence-electron chi connectivity index (χ2n) is 4.23. The molecule has 0 saturated carbocycles. The molecule has 17 heavy (non-hydrogen) atoms. The molecule has 6 nitrogen and oxygen atoms in total. The van der Waals surface area contributed by atoms with Crippen LogP contribution in [0.4, 0.5) is 0 Å². The van der Waals surface area contributed by atoms with Crippen molar-refractivity contribution < 1.29 is 9.90 Å². The lowest BCUT2D eigenvalue weighted by Gasteiger charge is -2.33. The fourth-order valence-electron chi connectivity index (χ4n) is 2.01. The van der Waals surface area contributed by atoms with Crippen molar-refractivity contribution in [3.63, 3.8) is 0 Å². The molecule has 6 heteroatoms. The maximum Gasteiger partial charge on any atom is 0.274 e. The number of nitrogens with zero attached hydrogens (tertiary/aromatic N) is 4. The zero-order chi connectivity index (χ0) is 12.3. The topological polar surface area (TPSA) is 61.6 Å². The first-order valence-electron chi connectivity index (χ1n) is 5.83. The van der Waals surface area contributed by atoms with Gasteiger partial charge in [-0.05, 0) is 6.07 Å². The Labute approximate surface area is 100 Å². The number of piperazine rings is 1. The van der Waals surface area contributed by atoms with Gasteiger partial charge in [-0.15, -0.1) is 0 Å². The maximum absolute atomic E-state index is 12.1. The number of aliphatic hydroxyl groups is 1. The monoisotopic (exact) mass is 238 g/mol. The predicted molar refractivity (Wildman–Crippen MR) is 62.6 cm³/mol. The third-order valence-corrected chi connectivity index (χ3v) is 3.01. The standard InChI is InChI=1S/C11H18N4O2/c1-13-3-2-10(12-13)11(17)15-6-4-14(5-7-15)8-9-16/h2-3,16H,4-9H2,1H3. The first kappa shape index (κ1) is 12.1. The molecule has 94 valence electrons. The van der Waals surface area contributed by atoms with Gasteiger partial charge in [0.25, 0.3) is 5.91 Å². The number of aliphatic hydroxyl groups excluding tert-OH is 1. The van der Waals surface area contributed by atoms with Gasteiger partial charge in [0.2, 0.25) is 0 Å². The van der Waals surface area contributed by atoms with Crippen molar-refractivity contribution in [1.29, 1.82) is 0 Å². The van der Waals surface area contributed by atoms with Gasteiger partial charge < -0.3 is 10.0 Å².